The second-order valence-electron chi connectivity index (χ2n) is 1.81. The Hall–Kier alpha value is 0.160. The summed E-state index contributed by atoms with van der Waals surface area (Å²) in [7, 11) is 0. The Morgan fingerprint density at radius 2 is 2.30 bits per heavy atom. The van der Waals surface area contributed by atoms with Crippen LogP contribution >= 0.6 is 22.6 Å². The third-order valence-corrected chi connectivity index (χ3v) is 1.24. The van der Waals surface area contributed by atoms with Gasteiger partial charge in [0.1, 0.15) is 0 Å². The highest BCUT2D eigenvalue weighted by atomic mass is 127. The third-order valence-electron chi connectivity index (χ3n) is 0.859. The average Bonchev–Trinajstić information content (AvgIpc) is 1.87. The minimum absolute atomic E-state index is 0.0299. The van der Waals surface area contributed by atoms with Crippen molar-refractivity contribution in [1.82, 2.24) is 5.32 Å². The normalized spacial score (nSPS) is 9.40. The predicted octanol–water partition coefficient (Wildman–Crippen LogP) is 1.56. The van der Waals surface area contributed by atoms with Crippen LogP contribution in [0.3, 0.4) is 0 Å². The summed E-state index contributed by atoms with van der Waals surface area (Å²) < 4.78 is 5.09. The van der Waals surface area contributed by atoms with E-state index in [4.69, 9.17) is 4.74 Å². The van der Waals surface area contributed by atoms with Gasteiger partial charge in [0.25, 0.3) is 3.91 Å². The van der Waals surface area contributed by atoms with Crippen molar-refractivity contribution in [3.8, 4) is 0 Å². The fraction of sp³-hybridized carbons (Fsp3) is 0.833. The summed E-state index contributed by atoms with van der Waals surface area (Å²) in [5.74, 6) is 0. The molecule has 1 N–H and O–H groups in total. The van der Waals surface area contributed by atoms with E-state index < -0.39 is 0 Å². The van der Waals surface area contributed by atoms with Crippen molar-refractivity contribution in [3.63, 3.8) is 0 Å². The lowest BCUT2D eigenvalue weighted by Crippen LogP contribution is -2.21. The van der Waals surface area contributed by atoms with E-state index >= 15 is 0 Å². The summed E-state index contributed by atoms with van der Waals surface area (Å²) in [6.45, 7) is 4.05. The van der Waals surface area contributed by atoms with E-state index in [2.05, 4.69) is 12.2 Å². The van der Waals surface area contributed by atoms with Gasteiger partial charge < -0.3 is 10.1 Å². The molecule has 0 aliphatic carbocycles. The highest BCUT2D eigenvalue weighted by molar-refractivity contribution is 14.1. The minimum atomic E-state index is -0.0299. The fourth-order valence-corrected chi connectivity index (χ4v) is 0.738. The van der Waals surface area contributed by atoms with Gasteiger partial charge in [-0.25, -0.2) is 0 Å². The van der Waals surface area contributed by atoms with Crippen molar-refractivity contribution in [2.75, 3.05) is 19.8 Å². The lowest BCUT2D eigenvalue weighted by molar-refractivity contribution is 0.138. The molecule has 0 spiro atoms. The molecule has 0 aliphatic rings. The Kier molecular flexibility index (Phi) is 7.39. The molecule has 0 rings (SSSR count). The molecule has 4 heteroatoms. The summed E-state index contributed by atoms with van der Waals surface area (Å²) in [6, 6.07) is 0. The molecule has 0 atom stereocenters. The summed E-state index contributed by atoms with van der Waals surface area (Å²) in [5.41, 5.74) is 0. The van der Waals surface area contributed by atoms with Gasteiger partial charge in [-0.3, -0.25) is 4.79 Å². The van der Waals surface area contributed by atoms with Gasteiger partial charge in [0, 0.05) is 35.7 Å². The number of amides is 1. The van der Waals surface area contributed by atoms with Crippen LogP contribution in [0.2, 0.25) is 0 Å². The molecular formula is C6H12INO2. The molecule has 60 valence electrons. The smallest absolute Gasteiger partial charge is 0.280 e. The van der Waals surface area contributed by atoms with E-state index in [1.54, 1.807) is 22.6 Å². The number of halogens is 1. The van der Waals surface area contributed by atoms with Crippen LogP contribution in [0.15, 0.2) is 0 Å². The lowest BCUT2D eigenvalue weighted by atomic mass is 10.5. The van der Waals surface area contributed by atoms with Gasteiger partial charge in [0.15, 0.2) is 0 Å². The first-order chi connectivity index (χ1) is 4.77. The standard InChI is InChI=1S/C6H12INO2/c1-2-4-10-5-3-8-6(7)9/h2-5H2,1H3,(H,8,9). The van der Waals surface area contributed by atoms with Gasteiger partial charge in [0.2, 0.25) is 0 Å². The predicted molar refractivity (Wildman–Crippen MR) is 48.5 cm³/mol. The molecule has 0 saturated heterocycles. The van der Waals surface area contributed by atoms with Crippen LogP contribution in [0.5, 0.6) is 0 Å². The number of hydrogen-bond donors (Lipinski definition) is 1. The van der Waals surface area contributed by atoms with Gasteiger partial charge in [-0.1, -0.05) is 6.92 Å². The van der Waals surface area contributed by atoms with Crippen molar-refractivity contribution in [2.24, 2.45) is 0 Å². The maximum absolute atomic E-state index is 10.3. The topological polar surface area (TPSA) is 38.3 Å². The quantitative estimate of drug-likeness (QED) is 0.351. The van der Waals surface area contributed by atoms with Crippen LogP contribution in [-0.2, 0) is 4.74 Å². The fourth-order valence-electron chi connectivity index (χ4n) is 0.468. The van der Waals surface area contributed by atoms with Crippen LogP contribution < -0.4 is 5.32 Å². The lowest BCUT2D eigenvalue weighted by Gasteiger charge is -2.01. The van der Waals surface area contributed by atoms with E-state index in [0.717, 1.165) is 13.0 Å². The largest absolute Gasteiger partial charge is 0.380 e. The number of ether oxygens (including phenoxy) is 1. The molecule has 0 aromatic rings. The maximum Gasteiger partial charge on any atom is 0.280 e. The zero-order chi connectivity index (χ0) is 7.82. The molecule has 0 radical (unpaired) electrons. The van der Waals surface area contributed by atoms with E-state index in [9.17, 15) is 4.79 Å². The number of nitrogens with one attached hydrogen (secondary N) is 1. The molecule has 0 aromatic carbocycles. The number of carbonyl (C=O) groups is 1. The summed E-state index contributed by atoms with van der Waals surface area (Å²) in [4.78, 5) is 10.3. The molecule has 10 heavy (non-hydrogen) atoms. The first kappa shape index (κ1) is 10.2. The van der Waals surface area contributed by atoms with Gasteiger partial charge in [0.05, 0.1) is 6.61 Å². The molecule has 0 fully saturated rings. The monoisotopic (exact) mass is 257 g/mol. The van der Waals surface area contributed by atoms with Crippen LogP contribution in [0, 0.1) is 0 Å². The summed E-state index contributed by atoms with van der Waals surface area (Å²) >= 11 is 1.70. The first-order valence-corrected chi connectivity index (χ1v) is 4.36. The third kappa shape index (κ3) is 8.16. The molecule has 1 amide bonds. The molecule has 0 saturated carbocycles. The number of hydrogen-bond acceptors (Lipinski definition) is 2. The van der Waals surface area contributed by atoms with E-state index in [-0.39, 0.29) is 3.91 Å². The highest BCUT2D eigenvalue weighted by Crippen LogP contribution is 1.82. The molecule has 0 unspecified atom stereocenters. The average molecular weight is 257 g/mol. The zero-order valence-electron chi connectivity index (χ0n) is 6.02. The van der Waals surface area contributed by atoms with Crippen molar-refractivity contribution in [3.05, 3.63) is 0 Å². The van der Waals surface area contributed by atoms with Crippen LogP contribution in [0.25, 0.3) is 0 Å². The molecule has 3 nitrogen and oxygen atoms in total. The van der Waals surface area contributed by atoms with Crippen LogP contribution in [0.1, 0.15) is 13.3 Å². The Labute approximate surface area is 74.7 Å². The van der Waals surface area contributed by atoms with Crippen molar-refractivity contribution >= 4 is 26.5 Å². The number of carbonyl (C=O) groups excluding carboxylic acids is 1. The molecule has 0 heterocycles. The number of rotatable bonds is 5. The van der Waals surface area contributed by atoms with Gasteiger partial charge in [-0.2, -0.15) is 0 Å². The van der Waals surface area contributed by atoms with Crippen molar-refractivity contribution in [1.29, 1.82) is 0 Å². The maximum atomic E-state index is 10.3. The van der Waals surface area contributed by atoms with Gasteiger partial charge >= 0.3 is 0 Å². The first-order valence-electron chi connectivity index (χ1n) is 3.28. The Morgan fingerprint density at radius 1 is 1.60 bits per heavy atom. The second-order valence-corrected chi connectivity index (χ2v) is 2.79. The highest BCUT2D eigenvalue weighted by Gasteiger charge is 1.90. The van der Waals surface area contributed by atoms with Crippen LogP contribution in [-0.4, -0.2) is 23.7 Å². The molecular weight excluding hydrogens is 245 g/mol. The SMILES string of the molecule is CCCOCCNC(=O)I. The van der Waals surface area contributed by atoms with E-state index in [1.165, 1.54) is 0 Å². The van der Waals surface area contributed by atoms with Gasteiger partial charge in [-0.05, 0) is 6.42 Å². The van der Waals surface area contributed by atoms with Crippen molar-refractivity contribution in [2.45, 2.75) is 13.3 Å². The van der Waals surface area contributed by atoms with Crippen molar-refractivity contribution < 1.29 is 9.53 Å². The molecule has 0 bridgehead atoms. The van der Waals surface area contributed by atoms with Crippen LogP contribution in [0.4, 0.5) is 4.79 Å². The Bertz CT molecular complexity index is 97.7. The van der Waals surface area contributed by atoms with E-state index in [0.29, 0.717) is 13.2 Å². The summed E-state index contributed by atoms with van der Waals surface area (Å²) in [6.07, 6.45) is 1.03. The zero-order valence-corrected chi connectivity index (χ0v) is 8.18. The summed E-state index contributed by atoms with van der Waals surface area (Å²) in [5, 5.41) is 2.63. The Morgan fingerprint density at radius 3 is 2.80 bits per heavy atom. The van der Waals surface area contributed by atoms with E-state index in [1.807, 2.05) is 0 Å². The minimum Gasteiger partial charge on any atom is -0.380 e. The molecule has 0 aromatic heterocycles. The van der Waals surface area contributed by atoms with Gasteiger partial charge in [-0.15, -0.1) is 0 Å². The molecule has 0 aliphatic heterocycles. The Balaban J connectivity index is 2.84. The second kappa shape index (κ2) is 7.27.